The molecule has 3 nitrogen and oxygen atoms in total. The minimum atomic E-state index is -0.0290. The first kappa shape index (κ1) is 12.6. The van der Waals surface area contributed by atoms with Crippen molar-refractivity contribution >= 4 is 28.6 Å². The standard InChI is InChI=1S/C14H14ClN3S/c1-14(2,3)11-8-12(15)18-13(16-11)7-9(17-18)10-5-4-6-19-10/h4-8H,1-3H3. The van der Waals surface area contributed by atoms with Crippen LogP contribution in [-0.2, 0) is 5.41 Å². The number of hydrogen-bond acceptors (Lipinski definition) is 3. The summed E-state index contributed by atoms with van der Waals surface area (Å²) in [5.41, 5.74) is 2.65. The molecular formula is C14H14ClN3S. The second kappa shape index (κ2) is 4.32. The molecule has 3 rings (SSSR count). The molecule has 98 valence electrons. The molecule has 0 saturated carbocycles. The second-order valence-electron chi connectivity index (χ2n) is 5.49. The van der Waals surface area contributed by atoms with Crippen LogP contribution in [0, 0.1) is 0 Å². The average molecular weight is 292 g/mol. The van der Waals surface area contributed by atoms with Gasteiger partial charge < -0.3 is 0 Å². The summed E-state index contributed by atoms with van der Waals surface area (Å²) in [6.45, 7) is 6.37. The van der Waals surface area contributed by atoms with Gasteiger partial charge in [-0.3, -0.25) is 0 Å². The van der Waals surface area contributed by atoms with E-state index in [1.165, 1.54) is 0 Å². The molecule has 0 unspecified atom stereocenters. The van der Waals surface area contributed by atoms with E-state index in [-0.39, 0.29) is 5.41 Å². The van der Waals surface area contributed by atoms with Gasteiger partial charge >= 0.3 is 0 Å². The predicted octanol–water partition coefficient (Wildman–Crippen LogP) is 4.41. The van der Waals surface area contributed by atoms with E-state index < -0.39 is 0 Å². The molecule has 0 amide bonds. The van der Waals surface area contributed by atoms with Crippen LogP contribution in [0.1, 0.15) is 26.5 Å². The highest BCUT2D eigenvalue weighted by molar-refractivity contribution is 7.13. The smallest absolute Gasteiger partial charge is 0.157 e. The molecule has 19 heavy (non-hydrogen) atoms. The van der Waals surface area contributed by atoms with Gasteiger partial charge in [0.2, 0.25) is 0 Å². The molecule has 0 atom stereocenters. The second-order valence-corrected chi connectivity index (χ2v) is 6.83. The van der Waals surface area contributed by atoms with E-state index in [1.54, 1.807) is 15.9 Å². The van der Waals surface area contributed by atoms with Crippen molar-refractivity contribution in [1.82, 2.24) is 14.6 Å². The Morgan fingerprint density at radius 3 is 2.68 bits per heavy atom. The summed E-state index contributed by atoms with van der Waals surface area (Å²) in [7, 11) is 0. The van der Waals surface area contributed by atoms with Crippen molar-refractivity contribution in [3.63, 3.8) is 0 Å². The molecule has 0 radical (unpaired) electrons. The van der Waals surface area contributed by atoms with Crippen molar-refractivity contribution in [2.75, 3.05) is 0 Å². The maximum absolute atomic E-state index is 6.31. The van der Waals surface area contributed by atoms with Gasteiger partial charge in [0.25, 0.3) is 0 Å². The van der Waals surface area contributed by atoms with Crippen molar-refractivity contribution in [1.29, 1.82) is 0 Å². The van der Waals surface area contributed by atoms with E-state index in [0.717, 1.165) is 21.9 Å². The Bertz CT molecular complexity index is 723. The predicted molar refractivity (Wildman–Crippen MR) is 80.0 cm³/mol. The van der Waals surface area contributed by atoms with Crippen LogP contribution in [-0.4, -0.2) is 14.6 Å². The summed E-state index contributed by atoms with van der Waals surface area (Å²) >= 11 is 7.97. The first-order valence-electron chi connectivity index (χ1n) is 6.06. The van der Waals surface area contributed by atoms with Crippen LogP contribution in [0.3, 0.4) is 0 Å². The van der Waals surface area contributed by atoms with Crippen LogP contribution < -0.4 is 0 Å². The van der Waals surface area contributed by atoms with Crippen LogP contribution in [0.15, 0.2) is 29.6 Å². The zero-order valence-electron chi connectivity index (χ0n) is 11.0. The number of halogens is 1. The quantitative estimate of drug-likeness (QED) is 0.622. The topological polar surface area (TPSA) is 30.2 Å². The van der Waals surface area contributed by atoms with Crippen molar-refractivity contribution in [2.24, 2.45) is 0 Å². The average Bonchev–Trinajstić information content (AvgIpc) is 2.95. The lowest BCUT2D eigenvalue weighted by Gasteiger charge is -2.17. The summed E-state index contributed by atoms with van der Waals surface area (Å²) in [5, 5.41) is 7.14. The van der Waals surface area contributed by atoms with Gasteiger partial charge in [0.05, 0.1) is 10.6 Å². The van der Waals surface area contributed by atoms with E-state index in [1.807, 2.05) is 29.6 Å². The van der Waals surface area contributed by atoms with Gasteiger partial charge in [-0.1, -0.05) is 38.4 Å². The Hall–Kier alpha value is -1.39. The summed E-state index contributed by atoms with van der Waals surface area (Å²) in [6, 6.07) is 7.93. The van der Waals surface area contributed by atoms with Crippen LogP contribution in [0.5, 0.6) is 0 Å². The summed E-state index contributed by atoms with van der Waals surface area (Å²) in [5.74, 6) is 0. The molecule has 3 heterocycles. The molecule has 0 fully saturated rings. The van der Waals surface area contributed by atoms with Gasteiger partial charge in [0, 0.05) is 11.5 Å². The molecule has 0 aliphatic heterocycles. The molecule has 0 aliphatic carbocycles. The van der Waals surface area contributed by atoms with E-state index in [4.69, 9.17) is 11.6 Å². The lowest BCUT2D eigenvalue weighted by Crippen LogP contribution is -2.14. The fourth-order valence-electron chi connectivity index (χ4n) is 1.87. The van der Waals surface area contributed by atoms with Crippen LogP contribution >= 0.6 is 22.9 Å². The molecule has 0 bridgehead atoms. The number of thiophene rings is 1. The highest BCUT2D eigenvalue weighted by atomic mass is 35.5. The van der Waals surface area contributed by atoms with Crippen LogP contribution in [0.2, 0.25) is 5.15 Å². The van der Waals surface area contributed by atoms with Crippen molar-refractivity contribution in [3.8, 4) is 10.6 Å². The lowest BCUT2D eigenvalue weighted by molar-refractivity contribution is 0.568. The van der Waals surface area contributed by atoms with Gasteiger partial charge in [-0.05, 0) is 17.5 Å². The first-order chi connectivity index (χ1) is 8.95. The maximum atomic E-state index is 6.31. The van der Waals surface area contributed by atoms with E-state index in [9.17, 15) is 0 Å². The largest absolute Gasteiger partial charge is 0.233 e. The minimum Gasteiger partial charge on any atom is -0.233 e. The zero-order chi connectivity index (χ0) is 13.6. The molecule has 0 N–H and O–H groups in total. The van der Waals surface area contributed by atoms with Crippen LogP contribution in [0.4, 0.5) is 0 Å². The Balaban J connectivity index is 2.21. The Kier molecular flexibility index (Phi) is 2.87. The van der Waals surface area contributed by atoms with E-state index in [2.05, 4.69) is 30.9 Å². The first-order valence-corrected chi connectivity index (χ1v) is 7.31. The molecule has 0 saturated heterocycles. The third-order valence-corrected chi connectivity index (χ3v) is 4.09. The Morgan fingerprint density at radius 1 is 1.26 bits per heavy atom. The fourth-order valence-corrected chi connectivity index (χ4v) is 2.78. The lowest BCUT2D eigenvalue weighted by atomic mass is 9.92. The highest BCUT2D eigenvalue weighted by Crippen LogP contribution is 2.28. The van der Waals surface area contributed by atoms with E-state index >= 15 is 0 Å². The van der Waals surface area contributed by atoms with Gasteiger partial charge in [0.1, 0.15) is 10.8 Å². The number of hydrogen-bond donors (Lipinski definition) is 0. The Morgan fingerprint density at radius 2 is 2.05 bits per heavy atom. The number of fused-ring (bicyclic) bond motifs is 1. The fraction of sp³-hybridized carbons (Fsp3) is 0.286. The van der Waals surface area contributed by atoms with E-state index in [0.29, 0.717) is 5.15 Å². The molecule has 0 aromatic carbocycles. The SMILES string of the molecule is CC(C)(C)c1cc(Cl)n2nc(-c3cccs3)cc2n1. The Labute approximate surface area is 120 Å². The third kappa shape index (κ3) is 2.26. The summed E-state index contributed by atoms with van der Waals surface area (Å²) < 4.78 is 1.69. The molecule has 3 aromatic rings. The molecular weight excluding hydrogens is 278 g/mol. The summed E-state index contributed by atoms with van der Waals surface area (Å²) in [6.07, 6.45) is 0. The van der Waals surface area contributed by atoms with Crippen LogP contribution in [0.25, 0.3) is 16.2 Å². The summed E-state index contributed by atoms with van der Waals surface area (Å²) in [4.78, 5) is 5.78. The monoisotopic (exact) mass is 291 g/mol. The molecule has 0 spiro atoms. The maximum Gasteiger partial charge on any atom is 0.157 e. The van der Waals surface area contributed by atoms with Gasteiger partial charge in [0.15, 0.2) is 5.65 Å². The van der Waals surface area contributed by atoms with Gasteiger partial charge in [-0.2, -0.15) is 5.10 Å². The molecule has 0 aliphatic rings. The normalized spacial score (nSPS) is 12.2. The van der Waals surface area contributed by atoms with Gasteiger partial charge in [-0.15, -0.1) is 11.3 Å². The minimum absolute atomic E-state index is 0.0290. The van der Waals surface area contributed by atoms with Crippen molar-refractivity contribution in [3.05, 3.63) is 40.5 Å². The van der Waals surface area contributed by atoms with Gasteiger partial charge in [-0.25, -0.2) is 9.50 Å². The third-order valence-electron chi connectivity index (χ3n) is 2.93. The van der Waals surface area contributed by atoms with Crippen molar-refractivity contribution in [2.45, 2.75) is 26.2 Å². The molecule has 3 aromatic heterocycles. The highest BCUT2D eigenvalue weighted by Gasteiger charge is 2.18. The number of aromatic nitrogens is 3. The molecule has 5 heteroatoms. The zero-order valence-corrected chi connectivity index (χ0v) is 12.6. The number of rotatable bonds is 1. The number of nitrogens with zero attached hydrogens (tertiary/aromatic N) is 3. The van der Waals surface area contributed by atoms with Crippen molar-refractivity contribution < 1.29 is 0 Å².